The standard InChI is InChI=1S/C34H51N5O7S/c1-4-38-15-8-11-25(38)19-36-29-18-26(12-13-28(29)35)47(42,43)39(20-23(2)3)21-31(40)30(17-24-9-6-5-7-10-24)37-34(41)46-32-22-45-33-27(32)14-16-44-33/h5-7,9-10,12-13,18,23,25,27,30-33,36,40H,4,8,11,14-17,19-22,35H2,1-3H3,(H,37,41)/t25-,27+,30+,31-,32+,33-/m1/s1. The maximum atomic E-state index is 14.2. The lowest BCUT2D eigenvalue weighted by Gasteiger charge is -2.31. The van der Waals surface area contributed by atoms with Gasteiger partial charge in [-0.05, 0) is 68.5 Å². The number of ether oxygens (including phenoxy) is 3. The van der Waals surface area contributed by atoms with Crippen LogP contribution < -0.4 is 16.4 Å². The number of hydrogen-bond acceptors (Lipinski definition) is 10. The van der Waals surface area contributed by atoms with Crippen molar-refractivity contribution in [3.8, 4) is 0 Å². The Morgan fingerprint density at radius 2 is 1.94 bits per heavy atom. The fourth-order valence-corrected chi connectivity index (χ4v) is 8.45. The molecule has 3 aliphatic rings. The molecule has 5 rings (SSSR count). The molecule has 0 radical (unpaired) electrons. The zero-order chi connectivity index (χ0) is 33.6. The van der Waals surface area contributed by atoms with Crippen LogP contribution >= 0.6 is 0 Å². The van der Waals surface area contributed by atoms with Crippen molar-refractivity contribution < 1.29 is 32.5 Å². The van der Waals surface area contributed by atoms with Gasteiger partial charge in [0.25, 0.3) is 0 Å². The number of nitrogens with one attached hydrogen (secondary N) is 2. The van der Waals surface area contributed by atoms with Crippen LogP contribution in [0.15, 0.2) is 53.4 Å². The van der Waals surface area contributed by atoms with Gasteiger partial charge in [0.1, 0.15) is 6.10 Å². The monoisotopic (exact) mass is 673 g/mol. The van der Waals surface area contributed by atoms with Crippen LogP contribution in [0.4, 0.5) is 16.2 Å². The summed E-state index contributed by atoms with van der Waals surface area (Å²) in [6, 6.07) is 13.7. The van der Waals surface area contributed by atoms with Gasteiger partial charge in [-0.3, -0.25) is 4.90 Å². The summed E-state index contributed by atoms with van der Waals surface area (Å²) in [6.45, 7) is 9.41. The van der Waals surface area contributed by atoms with Gasteiger partial charge in [-0.1, -0.05) is 51.1 Å². The number of likely N-dealkylation sites (tertiary alicyclic amines) is 1. The van der Waals surface area contributed by atoms with E-state index in [1.54, 1.807) is 12.1 Å². The normalized spacial score (nSPS) is 24.4. The van der Waals surface area contributed by atoms with Crippen molar-refractivity contribution in [2.75, 3.05) is 57.0 Å². The third-order valence-electron chi connectivity index (χ3n) is 9.37. The number of rotatable bonds is 15. The Kier molecular flexibility index (Phi) is 12.0. The number of benzene rings is 2. The number of anilines is 2. The van der Waals surface area contributed by atoms with E-state index in [0.29, 0.717) is 30.6 Å². The summed E-state index contributed by atoms with van der Waals surface area (Å²) >= 11 is 0. The number of aliphatic hydroxyl groups is 1. The van der Waals surface area contributed by atoms with Crippen molar-refractivity contribution in [1.29, 1.82) is 0 Å². The highest BCUT2D eigenvalue weighted by Crippen LogP contribution is 2.33. The van der Waals surface area contributed by atoms with Crippen LogP contribution in [0.5, 0.6) is 0 Å². The molecule has 3 heterocycles. The molecule has 6 atom stereocenters. The summed E-state index contributed by atoms with van der Waals surface area (Å²) in [5.41, 5.74) is 8.19. The van der Waals surface area contributed by atoms with Crippen LogP contribution in [0.1, 0.15) is 45.6 Å². The van der Waals surface area contributed by atoms with Crippen LogP contribution in [0.3, 0.4) is 0 Å². The van der Waals surface area contributed by atoms with Gasteiger partial charge in [0.2, 0.25) is 10.0 Å². The summed E-state index contributed by atoms with van der Waals surface area (Å²) in [5, 5.41) is 17.8. The van der Waals surface area contributed by atoms with Gasteiger partial charge in [-0.25, -0.2) is 13.2 Å². The molecule has 12 nitrogen and oxygen atoms in total. The molecule has 0 bridgehead atoms. The molecule has 3 aliphatic heterocycles. The van der Waals surface area contributed by atoms with E-state index in [2.05, 4.69) is 22.5 Å². The van der Waals surface area contributed by atoms with Gasteiger partial charge in [-0.2, -0.15) is 4.31 Å². The number of nitrogens with two attached hydrogens (primary N) is 1. The Morgan fingerprint density at radius 1 is 1.15 bits per heavy atom. The maximum absolute atomic E-state index is 14.2. The number of hydrogen-bond donors (Lipinski definition) is 4. The number of carbonyl (C=O) groups is 1. The Morgan fingerprint density at radius 3 is 2.68 bits per heavy atom. The van der Waals surface area contributed by atoms with E-state index in [1.165, 1.54) is 10.4 Å². The number of fused-ring (bicyclic) bond motifs is 1. The van der Waals surface area contributed by atoms with Crippen LogP contribution in [-0.4, -0.2) is 105 Å². The fraction of sp³-hybridized carbons (Fsp3) is 0.618. The fourth-order valence-electron chi connectivity index (χ4n) is 6.80. The minimum absolute atomic E-state index is 0.0276. The molecule has 0 unspecified atom stereocenters. The van der Waals surface area contributed by atoms with E-state index in [0.717, 1.165) is 37.9 Å². The molecule has 47 heavy (non-hydrogen) atoms. The van der Waals surface area contributed by atoms with Crippen molar-refractivity contribution in [1.82, 2.24) is 14.5 Å². The Labute approximate surface area is 279 Å². The van der Waals surface area contributed by atoms with Gasteiger partial charge in [0.05, 0.1) is 47.5 Å². The maximum Gasteiger partial charge on any atom is 0.407 e. The third kappa shape index (κ3) is 8.95. The predicted octanol–water partition coefficient (Wildman–Crippen LogP) is 3.27. The molecule has 0 spiro atoms. The molecule has 0 aliphatic carbocycles. The molecule has 0 aromatic heterocycles. The number of sulfonamides is 1. The first-order chi connectivity index (χ1) is 22.5. The number of aliphatic hydroxyl groups excluding tert-OH is 1. The Hall–Kier alpha value is -2.94. The molecule has 260 valence electrons. The number of nitrogen functional groups attached to an aromatic ring is 1. The molecule has 3 saturated heterocycles. The van der Waals surface area contributed by atoms with E-state index in [-0.39, 0.29) is 49.1 Å². The van der Waals surface area contributed by atoms with Crippen molar-refractivity contribution in [2.45, 2.75) is 81.9 Å². The lowest BCUT2D eigenvalue weighted by molar-refractivity contribution is -0.0907. The zero-order valence-corrected chi connectivity index (χ0v) is 28.5. The molecular weight excluding hydrogens is 622 g/mol. The topological polar surface area (TPSA) is 156 Å². The van der Waals surface area contributed by atoms with Crippen molar-refractivity contribution >= 4 is 27.5 Å². The van der Waals surface area contributed by atoms with Crippen LogP contribution in [-0.2, 0) is 30.7 Å². The molecule has 3 fully saturated rings. The molecule has 0 saturated carbocycles. The average Bonchev–Trinajstić information content (AvgIpc) is 3.79. The van der Waals surface area contributed by atoms with E-state index < -0.39 is 34.4 Å². The molecular formula is C34H51N5O7S. The highest BCUT2D eigenvalue weighted by Gasteiger charge is 2.44. The minimum atomic E-state index is -4.05. The van der Waals surface area contributed by atoms with E-state index in [1.807, 2.05) is 44.2 Å². The first-order valence-electron chi connectivity index (χ1n) is 16.8. The van der Waals surface area contributed by atoms with Gasteiger partial charge in [-0.15, -0.1) is 0 Å². The summed E-state index contributed by atoms with van der Waals surface area (Å²) in [5.74, 6) is -0.0619. The number of amides is 1. The van der Waals surface area contributed by atoms with Crippen molar-refractivity contribution in [2.24, 2.45) is 11.8 Å². The molecule has 1 amide bonds. The van der Waals surface area contributed by atoms with Crippen molar-refractivity contribution in [3.63, 3.8) is 0 Å². The summed E-state index contributed by atoms with van der Waals surface area (Å²) < 4.78 is 46.5. The molecule has 2 aromatic rings. The minimum Gasteiger partial charge on any atom is -0.443 e. The van der Waals surface area contributed by atoms with Gasteiger partial charge in [0.15, 0.2) is 6.29 Å². The van der Waals surface area contributed by atoms with Gasteiger partial charge < -0.3 is 35.7 Å². The lowest BCUT2D eigenvalue weighted by atomic mass is 10.0. The quantitative estimate of drug-likeness (QED) is 0.207. The van der Waals surface area contributed by atoms with E-state index >= 15 is 0 Å². The van der Waals surface area contributed by atoms with E-state index in [4.69, 9.17) is 19.9 Å². The number of likely N-dealkylation sites (N-methyl/N-ethyl adjacent to an activating group) is 1. The molecule has 2 aromatic carbocycles. The highest BCUT2D eigenvalue weighted by atomic mass is 32.2. The SMILES string of the molecule is CCN1CCC[C@@H]1CNc1cc(S(=O)(=O)N(CC(C)C)C[C@@H](O)[C@H](Cc2ccccc2)NC(=O)O[C@H]2CO[C@H]3OCC[C@H]32)ccc1N. The summed E-state index contributed by atoms with van der Waals surface area (Å²) in [7, 11) is -4.05. The second-order valence-corrected chi connectivity index (χ2v) is 15.2. The van der Waals surface area contributed by atoms with Gasteiger partial charge >= 0.3 is 6.09 Å². The third-order valence-corrected chi connectivity index (χ3v) is 11.2. The number of carbonyl (C=O) groups excluding carboxylic acids is 1. The van der Waals surface area contributed by atoms with Crippen LogP contribution in [0.25, 0.3) is 0 Å². The second-order valence-electron chi connectivity index (χ2n) is 13.2. The van der Waals surface area contributed by atoms with E-state index in [9.17, 15) is 18.3 Å². The average molecular weight is 674 g/mol. The summed E-state index contributed by atoms with van der Waals surface area (Å²) in [6.07, 6.45) is 0.465. The molecule has 13 heteroatoms. The Bertz CT molecular complexity index is 1430. The largest absolute Gasteiger partial charge is 0.443 e. The van der Waals surface area contributed by atoms with Crippen LogP contribution in [0, 0.1) is 11.8 Å². The van der Waals surface area contributed by atoms with Gasteiger partial charge in [0, 0.05) is 25.7 Å². The molecule has 5 N–H and O–H groups in total. The predicted molar refractivity (Wildman–Crippen MR) is 180 cm³/mol. The van der Waals surface area contributed by atoms with Crippen LogP contribution in [0.2, 0.25) is 0 Å². The Balaban J connectivity index is 1.32. The number of nitrogens with zero attached hydrogens (tertiary/aromatic N) is 2. The number of alkyl carbamates (subject to hydrolysis) is 1. The zero-order valence-electron chi connectivity index (χ0n) is 27.7. The highest BCUT2D eigenvalue weighted by molar-refractivity contribution is 7.89. The first-order valence-corrected chi connectivity index (χ1v) is 18.3. The lowest BCUT2D eigenvalue weighted by Crippen LogP contribution is -2.51. The van der Waals surface area contributed by atoms with Crippen molar-refractivity contribution in [3.05, 3.63) is 54.1 Å². The smallest absolute Gasteiger partial charge is 0.407 e. The summed E-state index contributed by atoms with van der Waals surface area (Å²) in [4.78, 5) is 15.6. The second kappa shape index (κ2) is 16.0. The first kappa shape index (κ1) is 35.4.